The van der Waals surface area contributed by atoms with Crippen LogP contribution in [-0.4, -0.2) is 65.2 Å². The Bertz CT molecular complexity index is 854. The Morgan fingerprint density at radius 1 is 1.18 bits per heavy atom. The van der Waals surface area contributed by atoms with Crippen LogP contribution in [0.4, 0.5) is 10.6 Å². The second-order valence-electron chi connectivity index (χ2n) is 7.81. The third-order valence-electron chi connectivity index (χ3n) is 5.91. The SMILES string of the molecule is COC(=O)N1CCC(Nc2nc(CN3CCCC3)nc3sc(C)c(C)c23)CC1. The number of anilines is 1. The van der Waals surface area contributed by atoms with Gasteiger partial charge in [0.15, 0.2) is 0 Å². The summed E-state index contributed by atoms with van der Waals surface area (Å²) >= 11 is 1.76. The Hall–Kier alpha value is -1.93. The average molecular weight is 404 g/mol. The number of ether oxygens (including phenoxy) is 1. The van der Waals surface area contributed by atoms with Gasteiger partial charge in [-0.3, -0.25) is 4.90 Å². The van der Waals surface area contributed by atoms with E-state index in [1.54, 1.807) is 16.2 Å². The highest BCUT2D eigenvalue weighted by atomic mass is 32.1. The number of aryl methyl sites for hydroxylation is 2. The van der Waals surface area contributed by atoms with Gasteiger partial charge in [-0.2, -0.15) is 0 Å². The Kier molecular flexibility index (Phi) is 5.68. The molecule has 2 aromatic heterocycles. The van der Waals surface area contributed by atoms with Crippen molar-refractivity contribution in [3.63, 3.8) is 0 Å². The van der Waals surface area contributed by atoms with E-state index >= 15 is 0 Å². The van der Waals surface area contributed by atoms with Crippen LogP contribution in [0.1, 0.15) is 41.9 Å². The summed E-state index contributed by atoms with van der Waals surface area (Å²) in [6.45, 7) is 8.82. The van der Waals surface area contributed by atoms with Crippen LogP contribution >= 0.6 is 11.3 Å². The molecule has 4 heterocycles. The van der Waals surface area contributed by atoms with Crippen molar-refractivity contribution in [1.82, 2.24) is 19.8 Å². The fourth-order valence-electron chi connectivity index (χ4n) is 4.14. The molecule has 152 valence electrons. The maximum Gasteiger partial charge on any atom is 0.409 e. The van der Waals surface area contributed by atoms with Crippen molar-refractivity contribution in [2.75, 3.05) is 38.6 Å². The van der Waals surface area contributed by atoms with Gasteiger partial charge in [-0.05, 0) is 58.2 Å². The van der Waals surface area contributed by atoms with E-state index in [-0.39, 0.29) is 6.09 Å². The second kappa shape index (κ2) is 8.21. The molecule has 1 N–H and O–H groups in total. The number of methoxy groups -OCH3 is 1. The van der Waals surface area contributed by atoms with E-state index in [2.05, 4.69) is 24.1 Å². The summed E-state index contributed by atoms with van der Waals surface area (Å²) in [5.41, 5.74) is 1.27. The van der Waals surface area contributed by atoms with Crippen LogP contribution in [-0.2, 0) is 11.3 Å². The molecule has 2 aliphatic heterocycles. The summed E-state index contributed by atoms with van der Waals surface area (Å²) in [6, 6.07) is 0.304. The Morgan fingerprint density at radius 2 is 1.89 bits per heavy atom. The van der Waals surface area contributed by atoms with Gasteiger partial charge in [-0.1, -0.05) is 0 Å². The zero-order chi connectivity index (χ0) is 19.7. The van der Waals surface area contributed by atoms with E-state index in [1.165, 1.54) is 30.4 Å². The largest absolute Gasteiger partial charge is 0.453 e. The predicted molar refractivity (Wildman–Crippen MR) is 112 cm³/mol. The van der Waals surface area contributed by atoms with E-state index in [4.69, 9.17) is 14.7 Å². The lowest BCUT2D eigenvalue weighted by atomic mass is 10.1. The van der Waals surface area contributed by atoms with Gasteiger partial charge in [-0.15, -0.1) is 11.3 Å². The second-order valence-corrected chi connectivity index (χ2v) is 9.01. The van der Waals surface area contributed by atoms with Crippen molar-refractivity contribution in [2.24, 2.45) is 0 Å². The lowest BCUT2D eigenvalue weighted by molar-refractivity contribution is 0.113. The normalized spacial score (nSPS) is 18.8. The Labute approximate surface area is 170 Å². The Balaban J connectivity index is 1.55. The van der Waals surface area contributed by atoms with Gasteiger partial charge < -0.3 is 15.0 Å². The molecule has 0 atom stereocenters. The topological polar surface area (TPSA) is 70.6 Å². The number of hydrogen-bond donors (Lipinski definition) is 1. The minimum atomic E-state index is -0.236. The van der Waals surface area contributed by atoms with Crippen LogP contribution in [0.3, 0.4) is 0 Å². The number of carbonyl (C=O) groups excluding carboxylic acids is 1. The molecular weight excluding hydrogens is 374 g/mol. The summed E-state index contributed by atoms with van der Waals surface area (Å²) in [5, 5.41) is 4.83. The number of nitrogens with zero attached hydrogens (tertiary/aromatic N) is 4. The highest BCUT2D eigenvalue weighted by molar-refractivity contribution is 7.18. The van der Waals surface area contributed by atoms with Crippen LogP contribution in [0.15, 0.2) is 0 Å². The molecule has 0 spiro atoms. The minimum absolute atomic E-state index is 0.236. The molecule has 0 unspecified atom stereocenters. The highest BCUT2D eigenvalue weighted by Gasteiger charge is 2.25. The fourth-order valence-corrected chi connectivity index (χ4v) is 5.19. The molecule has 0 bridgehead atoms. The van der Waals surface area contributed by atoms with Crippen molar-refractivity contribution in [2.45, 2.75) is 52.1 Å². The smallest absolute Gasteiger partial charge is 0.409 e. The zero-order valence-electron chi connectivity index (χ0n) is 17.0. The number of nitrogens with one attached hydrogen (secondary N) is 1. The van der Waals surface area contributed by atoms with Gasteiger partial charge >= 0.3 is 6.09 Å². The third kappa shape index (κ3) is 3.93. The number of hydrogen-bond acceptors (Lipinski definition) is 7. The number of thiophene rings is 1. The number of piperidine rings is 1. The molecule has 4 rings (SSSR count). The average Bonchev–Trinajstić information content (AvgIpc) is 3.30. The summed E-state index contributed by atoms with van der Waals surface area (Å²) in [7, 11) is 1.44. The van der Waals surface area contributed by atoms with E-state index in [9.17, 15) is 4.79 Å². The molecular formula is C20H29N5O2S. The molecule has 1 amide bonds. The van der Waals surface area contributed by atoms with E-state index in [0.29, 0.717) is 19.1 Å². The summed E-state index contributed by atoms with van der Waals surface area (Å²) in [6.07, 6.45) is 4.08. The fraction of sp³-hybridized carbons (Fsp3) is 0.650. The molecule has 2 saturated heterocycles. The van der Waals surface area contributed by atoms with E-state index in [1.807, 2.05) is 0 Å². The number of aromatic nitrogens is 2. The first-order valence-electron chi connectivity index (χ1n) is 10.1. The quantitative estimate of drug-likeness (QED) is 0.842. The molecule has 2 fully saturated rings. The molecule has 2 aliphatic rings. The van der Waals surface area contributed by atoms with E-state index in [0.717, 1.165) is 54.3 Å². The van der Waals surface area contributed by atoms with Crippen molar-refractivity contribution in [1.29, 1.82) is 0 Å². The molecule has 2 aromatic rings. The first-order chi connectivity index (χ1) is 13.5. The van der Waals surface area contributed by atoms with Crippen LogP contribution in [0.2, 0.25) is 0 Å². The molecule has 0 saturated carbocycles. The molecule has 7 nitrogen and oxygen atoms in total. The molecule has 8 heteroatoms. The van der Waals surface area contributed by atoms with Crippen LogP contribution < -0.4 is 5.32 Å². The van der Waals surface area contributed by atoms with E-state index < -0.39 is 0 Å². The van der Waals surface area contributed by atoms with Gasteiger partial charge in [0.05, 0.1) is 19.0 Å². The summed E-state index contributed by atoms with van der Waals surface area (Å²) < 4.78 is 4.84. The number of rotatable bonds is 4. The van der Waals surface area contributed by atoms with Gasteiger partial charge in [0.25, 0.3) is 0 Å². The number of fused-ring (bicyclic) bond motifs is 1. The van der Waals surface area contributed by atoms with Crippen molar-refractivity contribution in [3.05, 3.63) is 16.3 Å². The van der Waals surface area contributed by atoms with Gasteiger partial charge in [0, 0.05) is 24.0 Å². The third-order valence-corrected chi connectivity index (χ3v) is 7.01. The number of likely N-dealkylation sites (tertiary alicyclic amines) is 2. The lowest BCUT2D eigenvalue weighted by Gasteiger charge is -2.31. The summed E-state index contributed by atoms with van der Waals surface area (Å²) in [5.74, 6) is 1.86. The number of amides is 1. The van der Waals surface area contributed by atoms with Crippen molar-refractivity contribution < 1.29 is 9.53 Å². The molecule has 0 radical (unpaired) electrons. The van der Waals surface area contributed by atoms with Gasteiger partial charge in [0.1, 0.15) is 16.5 Å². The molecule has 0 aromatic carbocycles. The van der Waals surface area contributed by atoms with Gasteiger partial charge in [0.2, 0.25) is 0 Å². The first-order valence-corrected chi connectivity index (χ1v) is 10.9. The standard InChI is InChI=1S/C20H29N5O2S/c1-13-14(2)28-19-17(13)18(22-16(23-19)12-24-8-4-5-9-24)21-15-6-10-25(11-7-15)20(26)27-3/h15H,4-12H2,1-3H3,(H,21,22,23). The maximum atomic E-state index is 11.7. The van der Waals surface area contributed by atoms with Crippen LogP contribution in [0, 0.1) is 13.8 Å². The first kappa shape index (κ1) is 19.4. The van der Waals surface area contributed by atoms with Crippen molar-refractivity contribution >= 4 is 33.5 Å². The Morgan fingerprint density at radius 3 is 2.57 bits per heavy atom. The lowest BCUT2D eigenvalue weighted by Crippen LogP contribution is -2.42. The highest BCUT2D eigenvalue weighted by Crippen LogP contribution is 2.34. The minimum Gasteiger partial charge on any atom is -0.453 e. The molecule has 28 heavy (non-hydrogen) atoms. The predicted octanol–water partition coefficient (Wildman–Crippen LogP) is 3.55. The van der Waals surface area contributed by atoms with Gasteiger partial charge in [-0.25, -0.2) is 14.8 Å². The molecule has 0 aliphatic carbocycles. The number of carbonyl (C=O) groups is 1. The maximum absolute atomic E-state index is 11.7. The monoisotopic (exact) mass is 403 g/mol. The van der Waals surface area contributed by atoms with Crippen LogP contribution in [0.5, 0.6) is 0 Å². The zero-order valence-corrected chi connectivity index (χ0v) is 17.8. The van der Waals surface area contributed by atoms with Crippen LogP contribution in [0.25, 0.3) is 10.2 Å². The summed E-state index contributed by atoms with van der Waals surface area (Å²) in [4.78, 5) is 28.1. The van der Waals surface area contributed by atoms with Crippen molar-refractivity contribution in [3.8, 4) is 0 Å².